The van der Waals surface area contributed by atoms with Crippen LogP contribution in [0, 0.1) is 0 Å². The van der Waals surface area contributed by atoms with Crippen LogP contribution < -0.4 is 10.2 Å². The molecule has 2 saturated heterocycles. The monoisotopic (exact) mass is 285 g/mol. The Labute approximate surface area is 125 Å². The number of imidazole rings is 1. The van der Waals surface area contributed by atoms with Crippen LogP contribution in [0.3, 0.4) is 0 Å². The maximum Gasteiger partial charge on any atom is 0.139 e. The van der Waals surface area contributed by atoms with Gasteiger partial charge in [0.05, 0.1) is 5.69 Å². The van der Waals surface area contributed by atoms with E-state index >= 15 is 0 Å². The molecule has 0 aromatic carbocycles. The van der Waals surface area contributed by atoms with Gasteiger partial charge in [-0.1, -0.05) is 0 Å². The first kappa shape index (κ1) is 13.1. The maximum absolute atomic E-state index is 4.88. The third-order valence-electron chi connectivity index (χ3n) is 4.75. The Kier molecular flexibility index (Phi) is 3.31. The molecule has 0 saturated carbocycles. The highest BCUT2D eigenvalue weighted by Gasteiger charge is 2.23. The predicted molar refractivity (Wildman–Crippen MR) is 85.1 cm³/mol. The first-order valence-corrected chi connectivity index (χ1v) is 7.92. The smallest absolute Gasteiger partial charge is 0.139 e. The van der Waals surface area contributed by atoms with Crippen molar-refractivity contribution in [3.8, 4) is 0 Å². The number of nitrogens with zero attached hydrogens (tertiary/aromatic N) is 4. The van der Waals surface area contributed by atoms with Gasteiger partial charge in [0.2, 0.25) is 0 Å². The van der Waals surface area contributed by atoms with E-state index in [0.29, 0.717) is 5.92 Å². The van der Waals surface area contributed by atoms with Crippen molar-refractivity contribution in [2.45, 2.75) is 12.3 Å². The second-order valence-electron chi connectivity index (χ2n) is 6.30. The lowest BCUT2D eigenvalue weighted by Crippen LogP contribution is -2.43. The Hall–Kier alpha value is -1.59. The van der Waals surface area contributed by atoms with Crippen molar-refractivity contribution in [2.24, 2.45) is 0 Å². The van der Waals surface area contributed by atoms with E-state index in [1.165, 1.54) is 24.3 Å². The molecule has 5 nitrogen and oxygen atoms in total. The lowest BCUT2D eigenvalue weighted by atomic mass is 10.1. The van der Waals surface area contributed by atoms with Crippen LogP contribution in [0.5, 0.6) is 0 Å². The topological polar surface area (TPSA) is 35.8 Å². The molecule has 4 heterocycles. The predicted octanol–water partition coefficient (Wildman–Crippen LogP) is 1.16. The summed E-state index contributed by atoms with van der Waals surface area (Å²) in [7, 11) is 2.19. The molecular formula is C16H23N5. The van der Waals surface area contributed by atoms with Gasteiger partial charge >= 0.3 is 0 Å². The van der Waals surface area contributed by atoms with Crippen LogP contribution in [-0.2, 0) is 0 Å². The van der Waals surface area contributed by atoms with Gasteiger partial charge in [-0.05, 0) is 26.1 Å². The summed E-state index contributed by atoms with van der Waals surface area (Å²) in [5.41, 5.74) is 3.62. The summed E-state index contributed by atoms with van der Waals surface area (Å²) in [6.45, 7) is 6.62. The van der Waals surface area contributed by atoms with Crippen molar-refractivity contribution in [1.29, 1.82) is 0 Å². The molecule has 21 heavy (non-hydrogen) atoms. The van der Waals surface area contributed by atoms with Crippen LogP contribution in [0.2, 0.25) is 0 Å². The summed E-state index contributed by atoms with van der Waals surface area (Å²) >= 11 is 0. The molecule has 0 spiro atoms. The van der Waals surface area contributed by atoms with E-state index in [-0.39, 0.29) is 0 Å². The van der Waals surface area contributed by atoms with Crippen LogP contribution in [0.15, 0.2) is 24.5 Å². The van der Waals surface area contributed by atoms with E-state index in [2.05, 4.69) is 51.1 Å². The number of piperazine rings is 1. The molecule has 112 valence electrons. The summed E-state index contributed by atoms with van der Waals surface area (Å²) < 4.78 is 2.17. The molecule has 0 amide bonds. The Morgan fingerprint density at radius 1 is 1.24 bits per heavy atom. The molecule has 0 aliphatic carbocycles. The Bertz CT molecular complexity index is 626. The van der Waals surface area contributed by atoms with Crippen molar-refractivity contribution in [1.82, 2.24) is 19.6 Å². The SMILES string of the molecule is CN1CCC(c2cn3ccc(N4CCNCC4)cc3n2)C1. The van der Waals surface area contributed by atoms with Crippen molar-refractivity contribution < 1.29 is 0 Å². The Balaban J connectivity index is 1.62. The highest BCUT2D eigenvalue weighted by molar-refractivity contribution is 5.57. The van der Waals surface area contributed by atoms with Crippen LogP contribution in [-0.4, -0.2) is 60.6 Å². The molecular weight excluding hydrogens is 262 g/mol. The van der Waals surface area contributed by atoms with Crippen molar-refractivity contribution in [3.63, 3.8) is 0 Å². The van der Waals surface area contributed by atoms with Gasteiger partial charge in [0.25, 0.3) is 0 Å². The Morgan fingerprint density at radius 2 is 2.10 bits per heavy atom. The van der Waals surface area contributed by atoms with E-state index in [1.54, 1.807) is 0 Å². The molecule has 5 heteroatoms. The molecule has 4 rings (SSSR count). The highest BCUT2D eigenvalue weighted by atomic mass is 15.2. The standard InChI is InChI=1S/C16H23N5/c1-19-6-2-13(11-19)15-12-21-7-3-14(10-16(21)18-15)20-8-4-17-5-9-20/h3,7,10,12-13,17H,2,4-6,8-9,11H2,1H3. The van der Waals surface area contributed by atoms with Crippen molar-refractivity contribution in [3.05, 3.63) is 30.2 Å². The quantitative estimate of drug-likeness (QED) is 0.898. The van der Waals surface area contributed by atoms with Crippen LogP contribution in [0.25, 0.3) is 5.65 Å². The minimum atomic E-state index is 0.595. The lowest BCUT2D eigenvalue weighted by molar-refractivity contribution is 0.411. The fourth-order valence-electron chi connectivity index (χ4n) is 3.48. The number of hydrogen-bond acceptors (Lipinski definition) is 4. The largest absolute Gasteiger partial charge is 0.369 e. The van der Waals surface area contributed by atoms with E-state index in [0.717, 1.165) is 38.4 Å². The summed E-state index contributed by atoms with van der Waals surface area (Å²) in [6.07, 6.45) is 5.59. The molecule has 2 fully saturated rings. The number of anilines is 1. The first-order chi connectivity index (χ1) is 10.3. The van der Waals surface area contributed by atoms with E-state index in [9.17, 15) is 0 Å². The zero-order valence-corrected chi connectivity index (χ0v) is 12.6. The minimum Gasteiger partial charge on any atom is -0.369 e. The molecule has 2 aromatic heterocycles. The van der Waals surface area contributed by atoms with Crippen molar-refractivity contribution >= 4 is 11.3 Å². The number of nitrogens with one attached hydrogen (secondary N) is 1. The van der Waals surface area contributed by atoms with Crippen LogP contribution in [0.4, 0.5) is 5.69 Å². The van der Waals surface area contributed by atoms with Gasteiger partial charge < -0.3 is 19.5 Å². The first-order valence-electron chi connectivity index (χ1n) is 7.92. The second kappa shape index (κ2) is 5.31. The van der Waals surface area contributed by atoms with Gasteiger partial charge in [0.15, 0.2) is 0 Å². The van der Waals surface area contributed by atoms with E-state index < -0.39 is 0 Å². The van der Waals surface area contributed by atoms with Crippen LogP contribution in [0.1, 0.15) is 18.0 Å². The van der Waals surface area contributed by atoms with Gasteiger partial charge in [0.1, 0.15) is 5.65 Å². The third kappa shape index (κ3) is 2.51. The summed E-state index contributed by atoms with van der Waals surface area (Å²) in [6, 6.07) is 4.44. The molecule has 1 N–H and O–H groups in total. The number of fused-ring (bicyclic) bond motifs is 1. The van der Waals surface area contributed by atoms with Crippen molar-refractivity contribution in [2.75, 3.05) is 51.2 Å². The average molecular weight is 285 g/mol. The second-order valence-corrected chi connectivity index (χ2v) is 6.30. The number of hydrogen-bond donors (Lipinski definition) is 1. The third-order valence-corrected chi connectivity index (χ3v) is 4.75. The van der Waals surface area contributed by atoms with Gasteiger partial charge in [-0.2, -0.15) is 0 Å². The number of likely N-dealkylation sites (tertiary alicyclic amines) is 1. The molecule has 1 atom stereocenters. The summed E-state index contributed by atoms with van der Waals surface area (Å²) in [5.74, 6) is 0.595. The van der Waals surface area contributed by atoms with Gasteiger partial charge in [-0.15, -0.1) is 0 Å². The summed E-state index contributed by atoms with van der Waals surface area (Å²) in [5, 5.41) is 3.40. The summed E-state index contributed by atoms with van der Waals surface area (Å²) in [4.78, 5) is 9.71. The molecule has 2 aliphatic rings. The molecule has 2 aliphatic heterocycles. The zero-order chi connectivity index (χ0) is 14.2. The zero-order valence-electron chi connectivity index (χ0n) is 12.6. The van der Waals surface area contributed by atoms with Gasteiger partial charge in [-0.25, -0.2) is 4.98 Å². The van der Waals surface area contributed by atoms with E-state index in [1.807, 2.05) is 0 Å². The molecule has 1 unspecified atom stereocenters. The van der Waals surface area contributed by atoms with Gasteiger partial charge in [0, 0.05) is 62.8 Å². The van der Waals surface area contributed by atoms with E-state index in [4.69, 9.17) is 4.98 Å². The molecule has 0 bridgehead atoms. The Morgan fingerprint density at radius 3 is 2.86 bits per heavy atom. The average Bonchev–Trinajstić information content (AvgIpc) is 3.13. The highest BCUT2D eigenvalue weighted by Crippen LogP contribution is 2.26. The number of pyridine rings is 1. The number of rotatable bonds is 2. The minimum absolute atomic E-state index is 0.595. The van der Waals surface area contributed by atoms with Crippen LogP contribution >= 0.6 is 0 Å². The molecule has 2 aromatic rings. The molecule has 0 radical (unpaired) electrons. The number of likely N-dealkylation sites (N-methyl/N-ethyl adjacent to an activating group) is 1. The fraction of sp³-hybridized carbons (Fsp3) is 0.562. The normalized spacial score (nSPS) is 24.0. The lowest BCUT2D eigenvalue weighted by Gasteiger charge is -2.29. The maximum atomic E-state index is 4.88. The van der Waals surface area contributed by atoms with Gasteiger partial charge in [-0.3, -0.25) is 0 Å². The fourth-order valence-corrected chi connectivity index (χ4v) is 3.48. The number of aromatic nitrogens is 2.